The predicted molar refractivity (Wildman–Crippen MR) is 67.1 cm³/mol. The molecule has 0 N–H and O–H groups in total. The monoisotopic (exact) mass is 250 g/mol. The molecule has 0 aromatic carbocycles. The van der Waals surface area contributed by atoms with Crippen LogP contribution >= 0.6 is 0 Å². The number of aryl methyl sites for hydroxylation is 1. The number of aromatic nitrogens is 2. The van der Waals surface area contributed by atoms with Crippen LogP contribution in [0.1, 0.15) is 5.56 Å². The van der Waals surface area contributed by atoms with Gasteiger partial charge >= 0.3 is 11.7 Å². The molecule has 0 aliphatic heterocycles. The van der Waals surface area contributed by atoms with Gasteiger partial charge in [-0.05, 0) is 6.08 Å². The lowest BCUT2D eigenvalue weighted by molar-refractivity contribution is -0.136. The van der Waals surface area contributed by atoms with Gasteiger partial charge in [0.2, 0.25) is 0 Å². The summed E-state index contributed by atoms with van der Waals surface area (Å²) < 4.78 is 6.94. The molecule has 0 atom stereocenters. The van der Waals surface area contributed by atoms with Gasteiger partial charge in [-0.25, -0.2) is 9.59 Å². The van der Waals surface area contributed by atoms with Gasteiger partial charge in [0.1, 0.15) is 6.61 Å². The Morgan fingerprint density at radius 3 is 2.72 bits per heavy atom. The number of carbonyl (C=O) groups excluding carboxylic acids is 1. The van der Waals surface area contributed by atoms with E-state index in [4.69, 9.17) is 4.74 Å². The van der Waals surface area contributed by atoms with E-state index in [0.29, 0.717) is 0 Å². The van der Waals surface area contributed by atoms with Gasteiger partial charge < -0.3 is 9.30 Å². The predicted octanol–water partition coefficient (Wildman–Crippen LogP) is -0.174. The Balaban J connectivity index is 3.02. The molecule has 0 aliphatic carbocycles. The van der Waals surface area contributed by atoms with Crippen molar-refractivity contribution >= 4 is 12.0 Å². The molecule has 1 rings (SSSR count). The van der Waals surface area contributed by atoms with Crippen LogP contribution in [0.5, 0.6) is 0 Å². The van der Waals surface area contributed by atoms with E-state index in [-0.39, 0.29) is 12.2 Å². The molecule has 1 aromatic heterocycles. The standard InChI is InChI=1S/C12H14N2O4/c1-4-7-18-10(15)6-5-9-8-13(2)12(17)14(3)11(9)16/h4-6,8H,1,7H2,2-3H3/b6-5+. The fourth-order valence-corrected chi connectivity index (χ4v) is 1.30. The minimum Gasteiger partial charge on any atom is -0.458 e. The number of rotatable bonds is 4. The summed E-state index contributed by atoms with van der Waals surface area (Å²) in [5, 5.41) is 0. The summed E-state index contributed by atoms with van der Waals surface area (Å²) in [6.45, 7) is 3.51. The van der Waals surface area contributed by atoms with Crippen LogP contribution in [0.4, 0.5) is 0 Å². The van der Waals surface area contributed by atoms with Gasteiger partial charge in [0.15, 0.2) is 0 Å². The molecule has 0 saturated carbocycles. The summed E-state index contributed by atoms with van der Waals surface area (Å²) in [4.78, 5) is 34.3. The van der Waals surface area contributed by atoms with Crippen molar-refractivity contribution in [3.8, 4) is 0 Å². The van der Waals surface area contributed by atoms with Crippen LogP contribution in [0.15, 0.2) is 34.5 Å². The summed E-state index contributed by atoms with van der Waals surface area (Å²) in [5.41, 5.74) is -0.660. The van der Waals surface area contributed by atoms with E-state index in [2.05, 4.69) is 6.58 Å². The number of hydrogen-bond donors (Lipinski definition) is 0. The summed E-state index contributed by atoms with van der Waals surface area (Å²) in [6.07, 6.45) is 5.25. The van der Waals surface area contributed by atoms with Crippen molar-refractivity contribution in [2.75, 3.05) is 6.61 Å². The molecule has 96 valence electrons. The topological polar surface area (TPSA) is 70.3 Å². The van der Waals surface area contributed by atoms with Gasteiger partial charge in [-0.2, -0.15) is 0 Å². The highest BCUT2D eigenvalue weighted by atomic mass is 16.5. The number of carbonyl (C=O) groups is 1. The van der Waals surface area contributed by atoms with E-state index in [1.165, 1.54) is 37.0 Å². The summed E-state index contributed by atoms with van der Waals surface area (Å²) in [7, 11) is 2.90. The van der Waals surface area contributed by atoms with Crippen molar-refractivity contribution in [1.29, 1.82) is 0 Å². The maximum atomic E-state index is 11.7. The number of nitrogens with zero attached hydrogens (tertiary/aromatic N) is 2. The van der Waals surface area contributed by atoms with Gasteiger partial charge in [0, 0.05) is 26.4 Å². The first kappa shape index (κ1) is 13.7. The first-order chi connectivity index (χ1) is 8.47. The molecule has 0 radical (unpaired) electrons. The van der Waals surface area contributed by atoms with Gasteiger partial charge in [-0.15, -0.1) is 0 Å². The Hall–Kier alpha value is -2.37. The Morgan fingerprint density at radius 1 is 1.44 bits per heavy atom. The zero-order valence-corrected chi connectivity index (χ0v) is 10.3. The normalized spacial score (nSPS) is 10.6. The second-order valence-corrected chi connectivity index (χ2v) is 3.59. The van der Waals surface area contributed by atoms with Crippen LogP contribution < -0.4 is 11.2 Å². The Bertz CT molecular complexity index is 607. The molecule has 18 heavy (non-hydrogen) atoms. The van der Waals surface area contributed by atoms with Crippen LogP contribution in [-0.2, 0) is 23.6 Å². The Morgan fingerprint density at radius 2 is 2.11 bits per heavy atom. The highest BCUT2D eigenvalue weighted by molar-refractivity contribution is 5.86. The zero-order chi connectivity index (χ0) is 13.7. The van der Waals surface area contributed by atoms with E-state index in [1.54, 1.807) is 0 Å². The third-order valence-electron chi connectivity index (χ3n) is 2.22. The van der Waals surface area contributed by atoms with Crippen molar-refractivity contribution in [3.05, 3.63) is 51.3 Å². The van der Waals surface area contributed by atoms with Crippen molar-refractivity contribution in [3.63, 3.8) is 0 Å². The first-order valence-electron chi connectivity index (χ1n) is 5.19. The third kappa shape index (κ3) is 3.07. The molecule has 1 heterocycles. The lowest BCUT2D eigenvalue weighted by Gasteiger charge is -2.03. The average molecular weight is 250 g/mol. The van der Waals surface area contributed by atoms with Gasteiger partial charge in [-0.1, -0.05) is 12.7 Å². The van der Waals surface area contributed by atoms with Crippen LogP contribution in [0.2, 0.25) is 0 Å². The third-order valence-corrected chi connectivity index (χ3v) is 2.22. The minimum absolute atomic E-state index is 0.106. The molecule has 0 unspecified atom stereocenters. The van der Waals surface area contributed by atoms with Crippen LogP contribution in [0, 0.1) is 0 Å². The molecule has 0 amide bonds. The maximum absolute atomic E-state index is 11.7. The second-order valence-electron chi connectivity index (χ2n) is 3.59. The second kappa shape index (κ2) is 5.81. The Labute approximate surface area is 103 Å². The van der Waals surface area contributed by atoms with Crippen molar-refractivity contribution in [1.82, 2.24) is 9.13 Å². The molecule has 1 aromatic rings. The molecule has 0 aliphatic rings. The lowest BCUT2D eigenvalue weighted by atomic mass is 10.3. The summed E-state index contributed by atoms with van der Waals surface area (Å²) in [5.74, 6) is -0.578. The fraction of sp³-hybridized carbons (Fsp3) is 0.250. The summed E-state index contributed by atoms with van der Waals surface area (Å²) >= 11 is 0. The average Bonchev–Trinajstić information content (AvgIpc) is 2.36. The lowest BCUT2D eigenvalue weighted by Crippen LogP contribution is -2.37. The largest absolute Gasteiger partial charge is 0.458 e. The van der Waals surface area contributed by atoms with Crippen molar-refractivity contribution in [2.24, 2.45) is 14.1 Å². The highest BCUT2D eigenvalue weighted by Crippen LogP contribution is 1.93. The van der Waals surface area contributed by atoms with E-state index >= 15 is 0 Å². The summed E-state index contributed by atoms with van der Waals surface area (Å²) in [6, 6.07) is 0. The van der Waals surface area contributed by atoms with E-state index < -0.39 is 17.2 Å². The number of ether oxygens (including phenoxy) is 1. The van der Waals surface area contributed by atoms with Crippen molar-refractivity contribution < 1.29 is 9.53 Å². The molecule has 0 bridgehead atoms. The van der Waals surface area contributed by atoms with Gasteiger partial charge in [-0.3, -0.25) is 9.36 Å². The van der Waals surface area contributed by atoms with E-state index in [1.807, 2.05) is 0 Å². The first-order valence-corrected chi connectivity index (χ1v) is 5.19. The van der Waals surface area contributed by atoms with Crippen molar-refractivity contribution in [2.45, 2.75) is 0 Å². The smallest absolute Gasteiger partial charge is 0.331 e. The zero-order valence-electron chi connectivity index (χ0n) is 10.3. The Kier molecular flexibility index (Phi) is 4.42. The SMILES string of the molecule is C=CCOC(=O)/C=C/c1cn(C)c(=O)n(C)c1=O. The molecule has 0 spiro atoms. The maximum Gasteiger partial charge on any atom is 0.331 e. The minimum atomic E-state index is -0.578. The van der Waals surface area contributed by atoms with E-state index in [0.717, 1.165) is 10.6 Å². The number of hydrogen-bond acceptors (Lipinski definition) is 4. The molecule has 0 saturated heterocycles. The van der Waals surface area contributed by atoms with Crippen LogP contribution in [0.3, 0.4) is 0 Å². The molecule has 6 nitrogen and oxygen atoms in total. The van der Waals surface area contributed by atoms with Gasteiger partial charge in [0.05, 0.1) is 5.56 Å². The molecular formula is C12H14N2O4. The van der Waals surface area contributed by atoms with Crippen LogP contribution in [0.25, 0.3) is 6.08 Å². The van der Waals surface area contributed by atoms with Gasteiger partial charge in [0.25, 0.3) is 5.56 Å². The van der Waals surface area contributed by atoms with Crippen LogP contribution in [-0.4, -0.2) is 21.7 Å². The molecule has 0 fully saturated rings. The molecular weight excluding hydrogens is 236 g/mol. The number of esters is 1. The quantitative estimate of drug-likeness (QED) is 0.422. The van der Waals surface area contributed by atoms with E-state index in [9.17, 15) is 14.4 Å². The fourth-order valence-electron chi connectivity index (χ4n) is 1.30. The molecule has 6 heteroatoms. The highest BCUT2D eigenvalue weighted by Gasteiger charge is 2.04.